The first-order chi connectivity index (χ1) is 23.2. The summed E-state index contributed by atoms with van der Waals surface area (Å²) in [6.45, 7) is 6.18. The number of pyridine rings is 2. The van der Waals surface area contributed by atoms with Gasteiger partial charge < -0.3 is 8.98 Å². The lowest BCUT2D eigenvalue weighted by Crippen LogP contribution is -1.97. The van der Waals surface area contributed by atoms with Crippen LogP contribution >= 0.6 is 0 Å². The first-order valence-electron chi connectivity index (χ1n) is 15.8. The van der Waals surface area contributed by atoms with Crippen LogP contribution in [0.5, 0.6) is 0 Å². The molecule has 0 radical (unpaired) electrons. The minimum Gasteiger partial charge on any atom is -0.454 e. The Kier molecular flexibility index (Phi) is 6.15. The van der Waals surface area contributed by atoms with E-state index in [2.05, 4.69) is 132 Å². The summed E-state index contributed by atoms with van der Waals surface area (Å²) in [6.07, 6.45) is 6.15. The summed E-state index contributed by atoms with van der Waals surface area (Å²) >= 11 is 0. The Bertz CT molecular complexity index is 2710. The van der Waals surface area contributed by atoms with E-state index in [1.807, 2.05) is 31.2 Å². The van der Waals surface area contributed by atoms with Crippen molar-refractivity contribution in [3.8, 4) is 28.2 Å². The van der Waals surface area contributed by atoms with Crippen LogP contribution in [0.15, 0.2) is 144 Å². The average molecular weight is 604 g/mol. The van der Waals surface area contributed by atoms with E-state index in [-0.39, 0.29) is 0 Å². The highest BCUT2D eigenvalue weighted by atomic mass is 16.3. The molecule has 0 spiro atoms. The van der Waals surface area contributed by atoms with Crippen molar-refractivity contribution < 1.29 is 4.42 Å². The van der Waals surface area contributed by atoms with E-state index in [0.29, 0.717) is 0 Å². The Balaban J connectivity index is 1.22. The highest BCUT2D eigenvalue weighted by molar-refractivity contribution is 6.10. The van der Waals surface area contributed by atoms with Gasteiger partial charge in [0.25, 0.3) is 0 Å². The van der Waals surface area contributed by atoms with Crippen molar-refractivity contribution in [3.05, 3.63) is 151 Å². The van der Waals surface area contributed by atoms with Gasteiger partial charge in [-0.3, -0.25) is 0 Å². The molecule has 5 aromatic carbocycles. The summed E-state index contributed by atoms with van der Waals surface area (Å²) in [5.74, 6) is 0. The Hall–Kier alpha value is -6.26. The number of fused-ring (bicyclic) bond motifs is 7. The third kappa shape index (κ3) is 4.23. The Morgan fingerprint density at radius 3 is 2.06 bits per heavy atom. The number of furan rings is 1. The maximum Gasteiger partial charge on any atom is 0.159 e. The Morgan fingerprint density at radius 1 is 0.638 bits per heavy atom. The molecule has 47 heavy (non-hydrogen) atoms. The molecule has 0 atom stereocenters. The summed E-state index contributed by atoms with van der Waals surface area (Å²) < 4.78 is 9.02. The summed E-state index contributed by atoms with van der Waals surface area (Å²) in [7, 11) is 0. The lowest BCUT2D eigenvalue weighted by Gasteiger charge is -2.10. The van der Waals surface area contributed by atoms with Gasteiger partial charge in [0.2, 0.25) is 0 Å². The topological polar surface area (TPSA) is 43.9 Å². The van der Waals surface area contributed by atoms with Gasteiger partial charge >= 0.3 is 0 Å². The fourth-order valence-corrected chi connectivity index (χ4v) is 6.90. The van der Waals surface area contributed by atoms with E-state index in [9.17, 15) is 0 Å². The van der Waals surface area contributed by atoms with E-state index >= 15 is 0 Å². The van der Waals surface area contributed by atoms with Crippen molar-refractivity contribution in [2.45, 2.75) is 6.92 Å². The minimum absolute atomic E-state index is 0.822. The van der Waals surface area contributed by atoms with Crippen LogP contribution in [0.3, 0.4) is 0 Å². The maximum atomic E-state index is 6.74. The molecule has 0 N–H and O–H groups in total. The summed E-state index contributed by atoms with van der Waals surface area (Å²) in [5.41, 5.74) is 11.6. The monoisotopic (exact) mass is 603 g/mol. The standard InChI is InChI=1S/C43H29N3O/c1-3-11-37-31(4-2)32-14-8-9-16-38(32)46(37)39-17-10-15-34-33-23-20-30(26-40(33)47-43(34)39)36-25-22-29-19-18-28-21-24-35(27-12-6-5-7-13-27)44-41(28)42(29)45-36/h3-26H,2H2,1H3/b11-3-. The van der Waals surface area contributed by atoms with Gasteiger partial charge in [0, 0.05) is 43.6 Å². The zero-order valence-corrected chi connectivity index (χ0v) is 25.8. The third-order valence-corrected chi connectivity index (χ3v) is 9.08. The van der Waals surface area contributed by atoms with Gasteiger partial charge in [-0.05, 0) is 49.4 Å². The normalized spacial score (nSPS) is 11.9. The van der Waals surface area contributed by atoms with E-state index in [4.69, 9.17) is 14.4 Å². The van der Waals surface area contributed by atoms with Crippen LogP contribution in [-0.2, 0) is 0 Å². The van der Waals surface area contributed by atoms with Crippen LogP contribution in [0.4, 0.5) is 0 Å². The van der Waals surface area contributed by atoms with E-state index in [0.717, 1.165) is 94.1 Å². The minimum atomic E-state index is 0.822. The number of para-hydroxylation sites is 2. The van der Waals surface area contributed by atoms with E-state index in [1.165, 1.54) is 0 Å². The molecule has 0 bridgehead atoms. The van der Waals surface area contributed by atoms with E-state index < -0.39 is 0 Å². The fourth-order valence-electron chi connectivity index (χ4n) is 6.90. The number of nitrogens with zero attached hydrogens (tertiary/aromatic N) is 3. The molecule has 0 unspecified atom stereocenters. The fraction of sp³-hybridized carbons (Fsp3) is 0.0233. The quantitative estimate of drug-likeness (QED) is 0.184. The molecule has 0 saturated heterocycles. The molecule has 222 valence electrons. The molecule has 0 amide bonds. The van der Waals surface area contributed by atoms with Crippen molar-refractivity contribution in [2.75, 3.05) is 0 Å². The summed E-state index contributed by atoms with van der Waals surface area (Å²) in [4.78, 5) is 10.3. The van der Waals surface area contributed by atoms with Crippen LogP contribution in [0.2, 0.25) is 0 Å². The summed E-state index contributed by atoms with van der Waals surface area (Å²) in [6, 6.07) is 44.2. The highest BCUT2D eigenvalue weighted by Crippen LogP contribution is 2.39. The number of allylic oxidation sites excluding steroid dienone is 1. The van der Waals surface area contributed by atoms with Gasteiger partial charge in [0.05, 0.1) is 39.3 Å². The van der Waals surface area contributed by atoms with Gasteiger partial charge in [0.15, 0.2) is 5.58 Å². The number of benzene rings is 5. The van der Waals surface area contributed by atoms with E-state index in [1.54, 1.807) is 0 Å². The van der Waals surface area contributed by atoms with Crippen LogP contribution < -0.4 is 0 Å². The molecule has 0 aliphatic carbocycles. The number of hydrogen-bond acceptors (Lipinski definition) is 3. The molecular weight excluding hydrogens is 574 g/mol. The molecule has 4 heterocycles. The number of hydrogen-bond donors (Lipinski definition) is 0. The highest BCUT2D eigenvalue weighted by Gasteiger charge is 2.19. The smallest absolute Gasteiger partial charge is 0.159 e. The predicted octanol–water partition coefficient (Wildman–Crippen LogP) is 11.6. The lowest BCUT2D eigenvalue weighted by molar-refractivity contribution is 0.666. The van der Waals surface area contributed by atoms with Crippen LogP contribution in [-0.4, -0.2) is 14.5 Å². The second-order valence-electron chi connectivity index (χ2n) is 11.8. The van der Waals surface area contributed by atoms with Crippen molar-refractivity contribution >= 4 is 66.8 Å². The molecule has 9 aromatic rings. The molecule has 0 aliphatic heterocycles. The summed E-state index contributed by atoms with van der Waals surface area (Å²) in [5, 5.41) is 5.42. The second kappa shape index (κ2) is 10.7. The molecule has 4 heteroatoms. The van der Waals surface area contributed by atoms with Crippen molar-refractivity contribution in [3.63, 3.8) is 0 Å². The van der Waals surface area contributed by atoms with Crippen molar-refractivity contribution in [2.24, 2.45) is 0 Å². The van der Waals surface area contributed by atoms with Gasteiger partial charge in [-0.2, -0.15) is 0 Å². The molecule has 0 saturated carbocycles. The van der Waals surface area contributed by atoms with Gasteiger partial charge in [-0.25, -0.2) is 9.97 Å². The van der Waals surface area contributed by atoms with Gasteiger partial charge in [0.1, 0.15) is 5.58 Å². The maximum absolute atomic E-state index is 6.74. The van der Waals surface area contributed by atoms with Crippen LogP contribution in [0, 0.1) is 0 Å². The predicted molar refractivity (Wildman–Crippen MR) is 197 cm³/mol. The molecule has 0 aliphatic rings. The largest absolute Gasteiger partial charge is 0.454 e. The SMILES string of the molecule is C=Cc1c(/C=C\C)n(-c2cccc3c2oc2cc(-c4ccc5ccc6ccc(-c7ccccc7)nc6c5n4)ccc23)c2ccccc12. The van der Waals surface area contributed by atoms with Crippen LogP contribution in [0.1, 0.15) is 18.2 Å². The van der Waals surface area contributed by atoms with Gasteiger partial charge in [-0.1, -0.05) is 110 Å². The Morgan fingerprint density at radius 2 is 1.32 bits per heavy atom. The number of aromatic nitrogens is 3. The molecule has 4 nitrogen and oxygen atoms in total. The van der Waals surface area contributed by atoms with Crippen molar-refractivity contribution in [1.29, 1.82) is 0 Å². The zero-order chi connectivity index (χ0) is 31.5. The average Bonchev–Trinajstić information content (AvgIpc) is 3.66. The second-order valence-corrected chi connectivity index (χ2v) is 11.8. The lowest BCUT2D eigenvalue weighted by atomic mass is 10.0. The molecule has 0 fully saturated rings. The zero-order valence-electron chi connectivity index (χ0n) is 25.8. The van der Waals surface area contributed by atoms with Gasteiger partial charge in [-0.15, -0.1) is 0 Å². The first-order valence-corrected chi connectivity index (χ1v) is 15.8. The Labute approximate surface area is 271 Å². The first kappa shape index (κ1) is 27.1. The molecular formula is C43H29N3O. The molecule has 4 aromatic heterocycles. The number of rotatable bonds is 5. The van der Waals surface area contributed by atoms with Crippen molar-refractivity contribution in [1.82, 2.24) is 14.5 Å². The third-order valence-electron chi connectivity index (χ3n) is 9.08. The van der Waals surface area contributed by atoms with Crippen LogP contribution in [0.25, 0.3) is 95.0 Å². The molecule has 9 rings (SSSR count).